The number of rotatable bonds is 8. The van der Waals surface area contributed by atoms with E-state index in [9.17, 15) is 0 Å². The van der Waals surface area contributed by atoms with E-state index >= 15 is 0 Å². The van der Waals surface area contributed by atoms with Crippen molar-refractivity contribution in [2.24, 2.45) is 0 Å². The third-order valence-electron chi connectivity index (χ3n) is 24.5. The second-order valence-electron chi connectivity index (χ2n) is 31.0. The van der Waals surface area contributed by atoms with Crippen LogP contribution >= 0.6 is 0 Å². The van der Waals surface area contributed by atoms with Crippen LogP contribution in [0.5, 0.6) is 0 Å². The van der Waals surface area contributed by atoms with E-state index in [0.717, 1.165) is 38.7 Å². The van der Waals surface area contributed by atoms with Gasteiger partial charge in [-0.1, -0.05) is 400 Å². The minimum Gasteiger partial charge on any atom is -0.456 e. The van der Waals surface area contributed by atoms with Crippen LogP contribution < -0.4 is 0 Å². The maximum atomic E-state index is 6.56. The molecule has 2 heteroatoms. The van der Waals surface area contributed by atoms with Crippen molar-refractivity contribution in [3.63, 3.8) is 0 Å². The lowest BCUT2D eigenvalue weighted by Crippen LogP contribution is -1.91. The Morgan fingerprint density at radius 1 is 0.127 bits per heavy atom. The number of benzene rings is 23. The predicted octanol–water partition coefficient (Wildman–Crippen LogP) is 33.2. The molecule has 25 rings (SSSR count). The minimum absolute atomic E-state index is 0.925. The first-order valence-electron chi connectivity index (χ1n) is 40.7. The van der Waals surface area contributed by atoms with Crippen LogP contribution in [0.15, 0.2) is 446 Å². The molecule has 548 valence electrons. The highest BCUT2D eigenvalue weighted by Crippen LogP contribution is 2.52. The third kappa shape index (κ3) is 11.2. The fourth-order valence-electron chi connectivity index (χ4n) is 19.4. The summed E-state index contributed by atoms with van der Waals surface area (Å²) in [4.78, 5) is 0. The Labute approximate surface area is 681 Å². The molecule has 2 heterocycles. The van der Waals surface area contributed by atoms with Crippen molar-refractivity contribution in [2.75, 3.05) is 0 Å². The summed E-state index contributed by atoms with van der Waals surface area (Å²) < 4.78 is 13.0. The molecule has 23 aromatic carbocycles. The number of hydrogen-bond donors (Lipinski definition) is 0. The standard InChI is InChI=1S/C46H30.C38H22O.C32H20O/c1-2-11-31(12-3-1)35-25-27-38-30-36(26-28-37(38)29-35)32-21-23-34(24-22-32)45-41-16-6-8-18-43(41)46(44-19-9-7-17-42(44)45)40-20-10-14-33-13-4-5-15-39(33)40;1-2-11-23(12-3-1)35-28-15-6-8-17-30(28)36(31-18-9-7-16-29(31)35)24-21-32-26-14-5-4-13-25(26)27-19-10-20-33-37(27)38(32)34(22-24)39-33;1-2-11-21(12-3-1)30-23-14-4-6-16-25(23)31(26-17-7-5-15-24(26)30)28-19-10-18-27-22-13-8-9-20-29(22)33-32(27)28/h1-30H;1-22H;1-20H. The fourth-order valence-corrected chi connectivity index (χ4v) is 19.4. The molecule has 2 aromatic heterocycles. The van der Waals surface area contributed by atoms with Gasteiger partial charge in [-0.15, -0.1) is 0 Å². The van der Waals surface area contributed by atoms with E-state index in [2.05, 4.69) is 425 Å². The number of para-hydroxylation sites is 2. The van der Waals surface area contributed by atoms with Crippen LogP contribution in [0.1, 0.15) is 0 Å². The maximum absolute atomic E-state index is 6.56. The van der Waals surface area contributed by atoms with Crippen molar-refractivity contribution in [2.45, 2.75) is 0 Å². The van der Waals surface area contributed by atoms with Gasteiger partial charge in [0.25, 0.3) is 0 Å². The Balaban J connectivity index is 0.000000105. The van der Waals surface area contributed by atoms with Crippen molar-refractivity contribution in [1.82, 2.24) is 0 Å². The molecule has 0 fully saturated rings. The molecular formula is C116H72O2. The Kier molecular flexibility index (Phi) is 16.3. The van der Waals surface area contributed by atoms with Crippen molar-refractivity contribution in [3.8, 4) is 89.0 Å². The van der Waals surface area contributed by atoms with Gasteiger partial charge in [-0.2, -0.15) is 0 Å². The monoisotopic (exact) mass is 1500 g/mol. The topological polar surface area (TPSA) is 26.3 Å². The van der Waals surface area contributed by atoms with Crippen molar-refractivity contribution < 1.29 is 8.83 Å². The normalized spacial score (nSPS) is 11.7. The lowest BCUT2D eigenvalue weighted by atomic mass is 9.84. The summed E-state index contributed by atoms with van der Waals surface area (Å²) in [5.74, 6) is 0. The van der Waals surface area contributed by atoms with E-state index in [1.165, 1.54) is 202 Å². The highest BCUT2D eigenvalue weighted by Gasteiger charge is 2.25. The molecule has 0 aliphatic rings. The minimum atomic E-state index is 0.925. The molecule has 0 saturated carbocycles. The predicted molar refractivity (Wildman–Crippen MR) is 504 cm³/mol. The van der Waals surface area contributed by atoms with Crippen LogP contribution in [0.3, 0.4) is 0 Å². The van der Waals surface area contributed by atoms with Gasteiger partial charge in [0.1, 0.15) is 22.3 Å². The molecule has 0 atom stereocenters. The Morgan fingerprint density at radius 2 is 0.441 bits per heavy atom. The average Bonchev–Trinajstić information content (AvgIpc) is 1.44. The first-order chi connectivity index (χ1) is 58.6. The van der Waals surface area contributed by atoms with Gasteiger partial charge >= 0.3 is 0 Å². The molecule has 0 radical (unpaired) electrons. The summed E-state index contributed by atoms with van der Waals surface area (Å²) >= 11 is 0. The highest BCUT2D eigenvalue weighted by molar-refractivity contribution is 6.35. The number of hydrogen-bond acceptors (Lipinski definition) is 2. The fraction of sp³-hybridized carbons (Fsp3) is 0. The second kappa shape index (κ2) is 28.3. The summed E-state index contributed by atoms with van der Waals surface area (Å²) in [6.45, 7) is 0. The Hall–Kier alpha value is -15.5. The summed E-state index contributed by atoms with van der Waals surface area (Å²) in [7, 11) is 0. The van der Waals surface area contributed by atoms with Gasteiger partial charge in [0.15, 0.2) is 0 Å². The van der Waals surface area contributed by atoms with Gasteiger partial charge in [0.05, 0.1) is 0 Å². The molecule has 118 heavy (non-hydrogen) atoms. The molecular weight excluding hydrogens is 1430 g/mol. The van der Waals surface area contributed by atoms with Gasteiger partial charge in [-0.3, -0.25) is 0 Å². The SMILES string of the molecule is c1ccc(-c2c3ccccc3c(-c3cc4oc5cccc6c7ccccc7c(c3)c4c56)c3ccccc23)cc1.c1ccc(-c2c3ccccc3c(-c3cccc4c3oc3ccccc34)c3ccccc23)cc1.c1ccc(-c2ccc3cc(-c4ccc(-c5c6ccccc6c(-c6cccc7ccccc67)c6ccccc56)cc4)ccc3c2)cc1. The van der Waals surface area contributed by atoms with E-state index in [1.807, 2.05) is 12.1 Å². The zero-order valence-electron chi connectivity index (χ0n) is 64.4. The molecule has 0 unspecified atom stereocenters. The number of furan rings is 2. The molecule has 0 amide bonds. The molecule has 2 nitrogen and oxygen atoms in total. The maximum Gasteiger partial charge on any atom is 0.143 e. The summed E-state index contributed by atoms with van der Waals surface area (Å²) in [6.07, 6.45) is 0. The van der Waals surface area contributed by atoms with E-state index in [-0.39, 0.29) is 0 Å². The first kappa shape index (κ1) is 68.1. The highest BCUT2D eigenvalue weighted by atomic mass is 16.3. The van der Waals surface area contributed by atoms with Crippen LogP contribution in [0.2, 0.25) is 0 Å². The van der Waals surface area contributed by atoms with Crippen LogP contribution in [0.25, 0.3) is 241 Å². The third-order valence-corrected chi connectivity index (χ3v) is 24.5. The van der Waals surface area contributed by atoms with E-state index in [4.69, 9.17) is 8.83 Å². The molecule has 0 saturated heterocycles. The second-order valence-corrected chi connectivity index (χ2v) is 31.0. The smallest absolute Gasteiger partial charge is 0.143 e. The van der Waals surface area contributed by atoms with Gasteiger partial charge < -0.3 is 8.83 Å². The number of fused-ring (bicyclic) bond motifs is 14. The zero-order chi connectivity index (χ0) is 77.7. The lowest BCUT2D eigenvalue weighted by molar-refractivity contribution is 0.669. The molecule has 0 aliphatic heterocycles. The molecule has 0 bridgehead atoms. The van der Waals surface area contributed by atoms with Crippen molar-refractivity contribution in [3.05, 3.63) is 437 Å². The van der Waals surface area contributed by atoms with Crippen LogP contribution in [-0.4, -0.2) is 0 Å². The quantitative estimate of drug-likeness (QED) is 0.112. The van der Waals surface area contributed by atoms with Crippen LogP contribution in [-0.2, 0) is 0 Å². The molecule has 0 N–H and O–H groups in total. The van der Waals surface area contributed by atoms with E-state index in [0.29, 0.717) is 0 Å². The van der Waals surface area contributed by atoms with Crippen molar-refractivity contribution >= 4 is 152 Å². The van der Waals surface area contributed by atoms with Gasteiger partial charge in [0, 0.05) is 32.7 Å². The zero-order valence-corrected chi connectivity index (χ0v) is 64.4. The summed E-state index contributed by atoms with van der Waals surface area (Å²) in [6, 6.07) is 158. The lowest BCUT2D eigenvalue weighted by Gasteiger charge is -2.19. The summed E-state index contributed by atoms with van der Waals surface area (Å²) in [5, 5.41) is 30.0. The first-order valence-corrected chi connectivity index (χ1v) is 40.7. The van der Waals surface area contributed by atoms with Gasteiger partial charge in [-0.05, 0) is 222 Å². The van der Waals surface area contributed by atoms with E-state index in [1.54, 1.807) is 0 Å². The van der Waals surface area contributed by atoms with Gasteiger partial charge in [0.2, 0.25) is 0 Å². The van der Waals surface area contributed by atoms with Gasteiger partial charge in [-0.25, -0.2) is 0 Å². The molecule has 0 aliphatic carbocycles. The molecule has 25 aromatic rings. The Bertz CT molecular complexity index is 8100. The molecule has 0 spiro atoms. The van der Waals surface area contributed by atoms with Crippen molar-refractivity contribution in [1.29, 1.82) is 0 Å². The average molecular weight is 1500 g/mol. The van der Waals surface area contributed by atoms with Crippen LogP contribution in [0.4, 0.5) is 0 Å². The Morgan fingerprint density at radius 3 is 0.949 bits per heavy atom. The largest absolute Gasteiger partial charge is 0.456 e. The van der Waals surface area contributed by atoms with Crippen LogP contribution in [0, 0.1) is 0 Å². The summed E-state index contributed by atoms with van der Waals surface area (Å²) in [5.41, 5.74) is 23.6. The van der Waals surface area contributed by atoms with E-state index < -0.39 is 0 Å².